The van der Waals surface area contributed by atoms with E-state index < -0.39 is 11.9 Å². The van der Waals surface area contributed by atoms with Crippen LogP contribution in [0.3, 0.4) is 0 Å². The number of nitrogens with zero attached hydrogens (tertiary/aromatic N) is 1. The Balaban J connectivity index is 1.36. The van der Waals surface area contributed by atoms with Gasteiger partial charge >= 0.3 is 5.97 Å². The number of carbonyl (C=O) groups excluding carboxylic acids is 2. The molecule has 5 aromatic rings. The second-order valence-electron chi connectivity index (χ2n) is 9.00. The van der Waals surface area contributed by atoms with Crippen molar-refractivity contribution in [3.05, 3.63) is 110 Å². The van der Waals surface area contributed by atoms with Gasteiger partial charge in [-0.1, -0.05) is 29.8 Å². The van der Waals surface area contributed by atoms with Crippen LogP contribution < -0.4 is 19.6 Å². The molecule has 1 aromatic heterocycles. The van der Waals surface area contributed by atoms with Gasteiger partial charge in [0.2, 0.25) is 0 Å². The van der Waals surface area contributed by atoms with Crippen LogP contribution in [0.25, 0.3) is 22.0 Å². The molecule has 0 atom stereocenters. The molecule has 4 aromatic carbocycles. The van der Waals surface area contributed by atoms with Crippen LogP contribution in [0.1, 0.15) is 33.3 Å². The van der Waals surface area contributed by atoms with Crippen LogP contribution in [0.4, 0.5) is 0 Å². The van der Waals surface area contributed by atoms with Crippen molar-refractivity contribution in [2.24, 2.45) is 5.10 Å². The summed E-state index contributed by atoms with van der Waals surface area (Å²) in [5.74, 6) is 0.297. The van der Waals surface area contributed by atoms with Crippen molar-refractivity contribution in [3.63, 3.8) is 0 Å². The lowest BCUT2D eigenvalue weighted by atomic mass is 10.0. The van der Waals surface area contributed by atoms with E-state index >= 15 is 0 Å². The first kappa shape index (κ1) is 29.2. The predicted molar refractivity (Wildman–Crippen MR) is 172 cm³/mol. The fourth-order valence-corrected chi connectivity index (χ4v) is 5.06. The summed E-state index contributed by atoms with van der Waals surface area (Å²) in [5.41, 5.74) is 6.18. The Kier molecular flexibility index (Phi) is 9.09. The largest absolute Gasteiger partial charge is 0.497 e. The normalized spacial score (nSPS) is 11.0. The summed E-state index contributed by atoms with van der Waals surface area (Å²) in [4.78, 5) is 29.2. The summed E-state index contributed by atoms with van der Waals surface area (Å²) in [5, 5.41) is 5.58. The Bertz CT molecular complexity index is 1800. The van der Waals surface area contributed by atoms with E-state index in [4.69, 9.17) is 25.8 Å². The second-order valence-corrected chi connectivity index (χ2v) is 10.7. The molecule has 0 saturated heterocycles. The molecule has 0 radical (unpaired) electrons. The third kappa shape index (κ3) is 6.42. The standard InChI is InChI=1S/C32H25ClIN3O5/c1-3-41-28-16-19(8-15-27(28)42-32(39)20-9-12-22(40-2)13-10-20)18-35-37-31(38)30-29(23-6-4-5-7-25(23)33)24-17-21(34)11-14-26(24)36-30/h4-18,36H,3H2,1-2H3,(H,37,38). The SMILES string of the molecule is CCOc1cc(C=NNC(=O)c2[nH]c3ccc(I)cc3c2-c2ccccc2Cl)ccc1OC(=O)c1ccc(OC)cc1. The Morgan fingerprint density at radius 1 is 1.00 bits per heavy atom. The quantitative estimate of drug-likeness (QED) is 0.0548. The number of rotatable bonds is 9. The highest BCUT2D eigenvalue weighted by molar-refractivity contribution is 14.1. The van der Waals surface area contributed by atoms with Gasteiger partial charge in [-0.15, -0.1) is 0 Å². The van der Waals surface area contributed by atoms with E-state index in [1.54, 1.807) is 55.6 Å². The number of esters is 1. The van der Waals surface area contributed by atoms with Crippen LogP contribution >= 0.6 is 34.2 Å². The minimum Gasteiger partial charge on any atom is -0.497 e. The molecule has 0 aliphatic carbocycles. The Morgan fingerprint density at radius 3 is 2.52 bits per heavy atom. The Morgan fingerprint density at radius 2 is 1.79 bits per heavy atom. The highest BCUT2D eigenvalue weighted by Gasteiger charge is 2.21. The lowest BCUT2D eigenvalue weighted by Crippen LogP contribution is -2.19. The summed E-state index contributed by atoms with van der Waals surface area (Å²) in [6, 6.07) is 24.9. The number of hydrazone groups is 1. The molecule has 5 rings (SSSR count). The number of amides is 1. The van der Waals surface area contributed by atoms with Gasteiger partial charge in [0.15, 0.2) is 11.5 Å². The van der Waals surface area contributed by atoms with Crippen molar-refractivity contribution >= 4 is 63.2 Å². The number of ether oxygens (including phenoxy) is 3. The zero-order chi connectivity index (χ0) is 29.6. The molecular weight excluding hydrogens is 669 g/mol. The van der Waals surface area contributed by atoms with Gasteiger partial charge in [0.05, 0.1) is 25.5 Å². The molecule has 0 unspecified atom stereocenters. The summed E-state index contributed by atoms with van der Waals surface area (Å²) < 4.78 is 17.4. The molecule has 0 saturated carbocycles. The lowest BCUT2D eigenvalue weighted by Gasteiger charge is -2.11. The van der Waals surface area contributed by atoms with E-state index in [1.807, 2.05) is 43.3 Å². The summed E-state index contributed by atoms with van der Waals surface area (Å²) in [7, 11) is 1.55. The number of hydrogen-bond donors (Lipinski definition) is 2. The van der Waals surface area contributed by atoms with E-state index in [-0.39, 0.29) is 5.75 Å². The van der Waals surface area contributed by atoms with Gasteiger partial charge in [-0.3, -0.25) is 4.79 Å². The van der Waals surface area contributed by atoms with Crippen LogP contribution in [0.5, 0.6) is 17.2 Å². The van der Waals surface area contributed by atoms with Gasteiger partial charge in [-0.2, -0.15) is 5.10 Å². The van der Waals surface area contributed by atoms with E-state index in [0.717, 1.165) is 20.0 Å². The lowest BCUT2D eigenvalue weighted by molar-refractivity contribution is 0.0728. The molecule has 42 heavy (non-hydrogen) atoms. The number of H-pyrrole nitrogens is 1. The summed E-state index contributed by atoms with van der Waals surface area (Å²) in [6.07, 6.45) is 1.48. The Hall–Kier alpha value is -4.35. The van der Waals surface area contributed by atoms with E-state index in [1.165, 1.54) is 6.21 Å². The van der Waals surface area contributed by atoms with Gasteiger partial charge < -0.3 is 19.2 Å². The number of hydrogen-bond acceptors (Lipinski definition) is 6. The van der Waals surface area contributed by atoms with Crippen LogP contribution in [-0.2, 0) is 0 Å². The third-order valence-electron chi connectivity index (χ3n) is 6.31. The summed E-state index contributed by atoms with van der Waals surface area (Å²) in [6.45, 7) is 2.18. The minimum absolute atomic E-state index is 0.260. The maximum absolute atomic E-state index is 13.3. The zero-order valence-corrected chi connectivity index (χ0v) is 25.5. The van der Waals surface area contributed by atoms with E-state index in [2.05, 4.69) is 38.1 Å². The molecule has 0 aliphatic rings. The van der Waals surface area contributed by atoms with Crippen molar-refractivity contribution in [2.75, 3.05) is 13.7 Å². The van der Waals surface area contributed by atoms with Gasteiger partial charge in [0.1, 0.15) is 11.4 Å². The molecule has 0 bridgehead atoms. The average molecular weight is 694 g/mol. The fraction of sp³-hybridized carbons (Fsp3) is 0.0938. The van der Waals surface area contributed by atoms with Crippen LogP contribution in [0.15, 0.2) is 90.0 Å². The van der Waals surface area contributed by atoms with Gasteiger partial charge in [-0.05, 0) is 102 Å². The molecule has 2 N–H and O–H groups in total. The van der Waals surface area contributed by atoms with Crippen molar-refractivity contribution in [1.82, 2.24) is 10.4 Å². The first-order chi connectivity index (χ1) is 20.4. The smallest absolute Gasteiger partial charge is 0.343 e. The highest BCUT2D eigenvalue weighted by Crippen LogP contribution is 2.37. The highest BCUT2D eigenvalue weighted by atomic mass is 127. The monoisotopic (exact) mass is 693 g/mol. The number of halogens is 2. The molecule has 0 fully saturated rings. The molecule has 0 spiro atoms. The van der Waals surface area contributed by atoms with Gasteiger partial charge in [-0.25, -0.2) is 10.2 Å². The molecular formula is C32H25ClIN3O5. The molecule has 8 nitrogen and oxygen atoms in total. The topological polar surface area (TPSA) is 102 Å². The molecule has 212 valence electrons. The number of fused-ring (bicyclic) bond motifs is 1. The third-order valence-corrected chi connectivity index (χ3v) is 7.31. The zero-order valence-electron chi connectivity index (χ0n) is 22.6. The molecule has 0 aliphatic heterocycles. The number of methoxy groups -OCH3 is 1. The molecule has 10 heteroatoms. The van der Waals surface area contributed by atoms with Crippen molar-refractivity contribution in [1.29, 1.82) is 0 Å². The number of nitrogens with one attached hydrogen (secondary N) is 2. The van der Waals surface area contributed by atoms with Crippen LogP contribution in [0.2, 0.25) is 5.02 Å². The number of carbonyl (C=O) groups is 2. The van der Waals surface area contributed by atoms with E-state index in [0.29, 0.717) is 45.5 Å². The van der Waals surface area contributed by atoms with Crippen LogP contribution in [-0.4, -0.2) is 36.8 Å². The Labute approximate surface area is 260 Å². The van der Waals surface area contributed by atoms with E-state index in [9.17, 15) is 9.59 Å². The van der Waals surface area contributed by atoms with Crippen molar-refractivity contribution in [3.8, 4) is 28.4 Å². The predicted octanol–water partition coefficient (Wildman–Crippen LogP) is 7.48. The second kappa shape index (κ2) is 13.1. The number of aromatic nitrogens is 1. The molecule has 1 heterocycles. The first-order valence-corrected chi connectivity index (χ1v) is 14.4. The molecule has 1 amide bonds. The maximum atomic E-state index is 13.3. The maximum Gasteiger partial charge on any atom is 0.343 e. The van der Waals surface area contributed by atoms with Gasteiger partial charge in [0, 0.05) is 30.6 Å². The number of benzene rings is 4. The fourth-order valence-electron chi connectivity index (χ4n) is 4.34. The minimum atomic E-state index is -0.533. The summed E-state index contributed by atoms with van der Waals surface area (Å²) >= 11 is 8.76. The first-order valence-electron chi connectivity index (χ1n) is 12.9. The van der Waals surface area contributed by atoms with Gasteiger partial charge in [0.25, 0.3) is 5.91 Å². The van der Waals surface area contributed by atoms with Crippen LogP contribution in [0, 0.1) is 3.57 Å². The number of aromatic amines is 1. The average Bonchev–Trinajstić information content (AvgIpc) is 3.37. The van der Waals surface area contributed by atoms with Crippen molar-refractivity contribution < 1.29 is 23.8 Å². The van der Waals surface area contributed by atoms with Crippen molar-refractivity contribution in [2.45, 2.75) is 6.92 Å².